The molecule has 86 valence electrons. The van der Waals surface area contributed by atoms with E-state index < -0.39 is 0 Å². The molecule has 3 nitrogen and oxygen atoms in total. The maximum absolute atomic E-state index is 10.6. The monoisotopic (exact) mass is 247 g/mol. The molecule has 0 amide bonds. The van der Waals surface area contributed by atoms with Gasteiger partial charge in [-0.25, -0.2) is 4.98 Å². The highest BCUT2D eigenvalue weighted by Gasteiger charge is 2.05. The number of pyridine rings is 1. The predicted molar refractivity (Wildman–Crippen MR) is 66.6 cm³/mol. The normalized spacial score (nSPS) is 10.0. The first kappa shape index (κ1) is 11.6. The van der Waals surface area contributed by atoms with Gasteiger partial charge >= 0.3 is 0 Å². The van der Waals surface area contributed by atoms with Crippen LogP contribution in [0.15, 0.2) is 36.5 Å². The van der Waals surface area contributed by atoms with E-state index >= 15 is 0 Å². The summed E-state index contributed by atoms with van der Waals surface area (Å²) in [6, 6.07) is 8.79. The van der Waals surface area contributed by atoms with Gasteiger partial charge in [-0.1, -0.05) is 23.7 Å². The zero-order valence-corrected chi connectivity index (χ0v) is 9.94. The van der Waals surface area contributed by atoms with Crippen molar-refractivity contribution in [2.45, 2.75) is 0 Å². The van der Waals surface area contributed by atoms with Gasteiger partial charge in [0, 0.05) is 34.0 Å². The fourth-order valence-electron chi connectivity index (χ4n) is 1.50. The van der Waals surface area contributed by atoms with Crippen LogP contribution >= 0.6 is 11.6 Å². The Morgan fingerprint density at radius 3 is 2.65 bits per heavy atom. The van der Waals surface area contributed by atoms with E-state index in [1.54, 1.807) is 37.6 Å². The standard InChI is InChI=1S/C13H10ClNO2/c1-17-13-5-3-10(7-15-13)11-4-2-9(8-16)6-12(11)14/h2-8H,1H3. The van der Waals surface area contributed by atoms with E-state index in [9.17, 15) is 4.79 Å². The van der Waals surface area contributed by atoms with Gasteiger partial charge in [0.1, 0.15) is 6.29 Å². The van der Waals surface area contributed by atoms with Crippen LogP contribution in [0.4, 0.5) is 0 Å². The highest BCUT2D eigenvalue weighted by Crippen LogP contribution is 2.28. The molecule has 1 heterocycles. The molecule has 0 radical (unpaired) electrons. The summed E-state index contributed by atoms with van der Waals surface area (Å²) in [6.45, 7) is 0. The van der Waals surface area contributed by atoms with Gasteiger partial charge in [-0.05, 0) is 12.1 Å². The first-order valence-corrected chi connectivity index (χ1v) is 5.37. The van der Waals surface area contributed by atoms with Crippen molar-refractivity contribution < 1.29 is 9.53 Å². The van der Waals surface area contributed by atoms with E-state index in [0.29, 0.717) is 16.5 Å². The van der Waals surface area contributed by atoms with Crippen LogP contribution in [-0.2, 0) is 0 Å². The molecule has 17 heavy (non-hydrogen) atoms. The van der Waals surface area contributed by atoms with Gasteiger partial charge in [-0.15, -0.1) is 0 Å². The van der Waals surface area contributed by atoms with Crippen LogP contribution in [0.3, 0.4) is 0 Å². The largest absolute Gasteiger partial charge is 0.481 e. The number of halogens is 1. The van der Waals surface area contributed by atoms with Gasteiger partial charge in [0.15, 0.2) is 0 Å². The van der Waals surface area contributed by atoms with E-state index in [4.69, 9.17) is 16.3 Å². The van der Waals surface area contributed by atoms with Crippen LogP contribution in [0.1, 0.15) is 10.4 Å². The van der Waals surface area contributed by atoms with Crippen molar-refractivity contribution in [1.29, 1.82) is 0 Å². The lowest BCUT2D eigenvalue weighted by Gasteiger charge is -2.05. The van der Waals surface area contributed by atoms with Gasteiger partial charge in [-0.3, -0.25) is 4.79 Å². The van der Waals surface area contributed by atoms with Crippen LogP contribution in [0, 0.1) is 0 Å². The summed E-state index contributed by atoms with van der Waals surface area (Å²) in [7, 11) is 1.56. The molecule has 0 saturated carbocycles. The smallest absolute Gasteiger partial charge is 0.212 e. The Kier molecular flexibility index (Phi) is 3.40. The Morgan fingerprint density at radius 1 is 1.29 bits per heavy atom. The number of aromatic nitrogens is 1. The van der Waals surface area contributed by atoms with Crippen LogP contribution in [0.2, 0.25) is 5.02 Å². The van der Waals surface area contributed by atoms with Gasteiger partial charge < -0.3 is 4.74 Å². The number of hydrogen-bond acceptors (Lipinski definition) is 3. The van der Waals surface area contributed by atoms with Gasteiger partial charge in [0.05, 0.1) is 7.11 Å². The maximum Gasteiger partial charge on any atom is 0.212 e. The SMILES string of the molecule is COc1ccc(-c2ccc(C=O)cc2Cl)cn1. The molecule has 0 aliphatic heterocycles. The number of nitrogens with zero attached hydrogens (tertiary/aromatic N) is 1. The minimum Gasteiger partial charge on any atom is -0.481 e. The molecule has 1 aromatic carbocycles. The zero-order chi connectivity index (χ0) is 12.3. The molecule has 0 spiro atoms. The topological polar surface area (TPSA) is 39.2 Å². The Balaban J connectivity index is 2.41. The number of rotatable bonds is 3. The number of hydrogen-bond donors (Lipinski definition) is 0. The van der Waals surface area contributed by atoms with Crippen LogP contribution in [0.25, 0.3) is 11.1 Å². The lowest BCUT2D eigenvalue weighted by molar-refractivity contribution is 0.112. The Morgan fingerprint density at radius 2 is 2.12 bits per heavy atom. The van der Waals surface area contributed by atoms with E-state index in [-0.39, 0.29) is 0 Å². The first-order valence-electron chi connectivity index (χ1n) is 4.99. The molecule has 0 aliphatic carbocycles. The lowest BCUT2D eigenvalue weighted by Crippen LogP contribution is -1.88. The third-order valence-electron chi connectivity index (χ3n) is 2.39. The van der Waals surface area contributed by atoms with E-state index in [1.165, 1.54) is 0 Å². The minimum absolute atomic E-state index is 0.529. The summed E-state index contributed by atoms with van der Waals surface area (Å²) in [6.07, 6.45) is 2.45. The average Bonchev–Trinajstić information content (AvgIpc) is 2.39. The van der Waals surface area contributed by atoms with E-state index in [2.05, 4.69) is 4.98 Å². The molecule has 0 N–H and O–H groups in total. The Bertz CT molecular complexity index is 538. The zero-order valence-electron chi connectivity index (χ0n) is 9.18. The van der Waals surface area contributed by atoms with Crippen molar-refractivity contribution in [3.63, 3.8) is 0 Å². The van der Waals surface area contributed by atoms with Crippen molar-refractivity contribution in [3.05, 3.63) is 47.1 Å². The second-order valence-electron chi connectivity index (χ2n) is 3.45. The number of carbonyl (C=O) groups is 1. The summed E-state index contributed by atoms with van der Waals surface area (Å²) < 4.78 is 4.98. The molecule has 0 unspecified atom stereocenters. The number of benzene rings is 1. The fraction of sp³-hybridized carbons (Fsp3) is 0.0769. The van der Waals surface area contributed by atoms with Crippen molar-refractivity contribution in [3.8, 4) is 17.0 Å². The van der Waals surface area contributed by atoms with E-state index in [1.807, 2.05) is 6.07 Å². The molecular formula is C13H10ClNO2. The van der Waals surface area contributed by atoms with E-state index in [0.717, 1.165) is 17.4 Å². The fourth-order valence-corrected chi connectivity index (χ4v) is 1.80. The molecular weight excluding hydrogens is 238 g/mol. The van der Waals surface area contributed by atoms with Gasteiger partial charge in [-0.2, -0.15) is 0 Å². The summed E-state index contributed by atoms with van der Waals surface area (Å²) in [5.41, 5.74) is 2.28. The summed E-state index contributed by atoms with van der Waals surface area (Å²) >= 11 is 6.10. The second kappa shape index (κ2) is 4.97. The number of aldehydes is 1. The molecule has 2 rings (SSSR count). The summed E-state index contributed by atoms with van der Waals surface area (Å²) in [5.74, 6) is 0.550. The highest BCUT2D eigenvalue weighted by atomic mass is 35.5. The summed E-state index contributed by atoms with van der Waals surface area (Å²) in [4.78, 5) is 14.7. The molecule has 0 fully saturated rings. The van der Waals surface area contributed by atoms with Gasteiger partial charge in [0.25, 0.3) is 0 Å². The Hall–Kier alpha value is -1.87. The van der Waals surface area contributed by atoms with Crippen molar-refractivity contribution >= 4 is 17.9 Å². The number of carbonyl (C=O) groups excluding carboxylic acids is 1. The third kappa shape index (κ3) is 2.45. The highest BCUT2D eigenvalue weighted by molar-refractivity contribution is 6.33. The van der Waals surface area contributed by atoms with Crippen molar-refractivity contribution in [1.82, 2.24) is 4.98 Å². The maximum atomic E-state index is 10.6. The molecule has 0 atom stereocenters. The number of ether oxygens (including phenoxy) is 1. The minimum atomic E-state index is 0.529. The molecule has 0 aliphatic rings. The van der Waals surface area contributed by atoms with Crippen LogP contribution in [0.5, 0.6) is 5.88 Å². The molecule has 2 aromatic rings. The van der Waals surface area contributed by atoms with Crippen molar-refractivity contribution in [2.24, 2.45) is 0 Å². The third-order valence-corrected chi connectivity index (χ3v) is 2.70. The molecule has 0 saturated heterocycles. The van der Waals surface area contributed by atoms with Crippen LogP contribution in [-0.4, -0.2) is 18.4 Å². The quantitative estimate of drug-likeness (QED) is 0.782. The molecule has 4 heteroatoms. The Labute approximate surface area is 104 Å². The first-order chi connectivity index (χ1) is 8.24. The lowest BCUT2D eigenvalue weighted by atomic mass is 10.1. The predicted octanol–water partition coefficient (Wildman–Crippen LogP) is 3.22. The van der Waals surface area contributed by atoms with Crippen LogP contribution < -0.4 is 4.74 Å². The molecule has 1 aromatic heterocycles. The van der Waals surface area contributed by atoms with Crippen molar-refractivity contribution in [2.75, 3.05) is 7.11 Å². The number of methoxy groups -OCH3 is 1. The average molecular weight is 248 g/mol. The molecule has 0 bridgehead atoms. The van der Waals surface area contributed by atoms with Gasteiger partial charge in [0.2, 0.25) is 5.88 Å². The summed E-state index contributed by atoms with van der Waals surface area (Å²) in [5, 5.41) is 0.529. The second-order valence-corrected chi connectivity index (χ2v) is 3.85.